The average molecular weight is 515 g/mol. The van der Waals surface area contributed by atoms with Crippen molar-refractivity contribution in [1.82, 2.24) is 14.8 Å². The number of rotatable bonds is 8. The molecular formula is C26H35BrN4O2. The van der Waals surface area contributed by atoms with Crippen LogP contribution in [-0.4, -0.2) is 26.6 Å². The second-order valence-electron chi connectivity index (χ2n) is 10.8. The predicted molar refractivity (Wildman–Crippen MR) is 134 cm³/mol. The molecule has 33 heavy (non-hydrogen) atoms. The van der Waals surface area contributed by atoms with Crippen LogP contribution in [0.1, 0.15) is 71.1 Å². The van der Waals surface area contributed by atoms with E-state index < -0.39 is 0 Å². The number of hydrogen-bond acceptors (Lipinski definition) is 5. The minimum Gasteiger partial charge on any atom is -0.380 e. The molecule has 2 aromatic heterocycles. The van der Waals surface area contributed by atoms with Gasteiger partial charge in [0, 0.05) is 24.4 Å². The van der Waals surface area contributed by atoms with E-state index in [-0.39, 0.29) is 17.9 Å². The third-order valence-corrected chi connectivity index (χ3v) is 8.90. The van der Waals surface area contributed by atoms with Crippen molar-refractivity contribution in [2.45, 2.75) is 78.8 Å². The fraction of sp³-hybridized carbons (Fsp3) is 0.615. The fourth-order valence-electron chi connectivity index (χ4n) is 5.71. The summed E-state index contributed by atoms with van der Waals surface area (Å²) in [5.41, 5.74) is 2.98. The Bertz CT molecular complexity index is 1090. The molecular weight excluding hydrogens is 480 g/mol. The molecule has 0 spiro atoms. The van der Waals surface area contributed by atoms with Crippen LogP contribution in [0.2, 0.25) is 0 Å². The van der Waals surface area contributed by atoms with Crippen molar-refractivity contribution in [3.8, 4) is 0 Å². The van der Waals surface area contributed by atoms with E-state index in [1.165, 1.54) is 11.1 Å². The molecule has 0 unspecified atom stereocenters. The summed E-state index contributed by atoms with van der Waals surface area (Å²) in [6.07, 6.45) is 6.90. The Balaban J connectivity index is 1.37. The molecule has 178 valence electrons. The SMILES string of the molecule is CC(C)c1cc(CCC(=O)Cn2ncc(N[C@@H]3C[C@@H]4C[C@H]([C@H]3C)C4(C)C)c(Br)c2=O)ccn1. The second-order valence-corrected chi connectivity index (χ2v) is 11.6. The molecule has 6 nitrogen and oxygen atoms in total. The number of ketones is 1. The van der Waals surface area contributed by atoms with Gasteiger partial charge in [0.05, 0.1) is 11.9 Å². The van der Waals surface area contributed by atoms with Crippen molar-refractivity contribution < 1.29 is 4.79 Å². The van der Waals surface area contributed by atoms with Gasteiger partial charge in [-0.05, 0) is 82.0 Å². The molecule has 1 N–H and O–H groups in total. The van der Waals surface area contributed by atoms with Crippen molar-refractivity contribution in [3.63, 3.8) is 0 Å². The summed E-state index contributed by atoms with van der Waals surface area (Å²) < 4.78 is 1.71. The number of carbonyl (C=O) groups excluding carboxylic acids is 1. The van der Waals surface area contributed by atoms with Gasteiger partial charge < -0.3 is 5.32 Å². The Kier molecular flexibility index (Phi) is 6.81. The Labute approximate surface area is 204 Å². The van der Waals surface area contributed by atoms with E-state index in [1.807, 2.05) is 6.07 Å². The first kappa shape index (κ1) is 24.1. The van der Waals surface area contributed by atoms with Crippen molar-refractivity contribution in [3.05, 3.63) is 50.6 Å². The lowest BCUT2D eigenvalue weighted by molar-refractivity contribution is -0.119. The summed E-state index contributed by atoms with van der Waals surface area (Å²) in [6.45, 7) is 11.3. The normalized spacial score (nSPS) is 25.5. The number of hydrogen-bond donors (Lipinski definition) is 1. The number of carbonyl (C=O) groups is 1. The van der Waals surface area contributed by atoms with Crippen LogP contribution in [0, 0.1) is 23.2 Å². The fourth-order valence-corrected chi connectivity index (χ4v) is 6.14. The van der Waals surface area contributed by atoms with Gasteiger partial charge in [0.25, 0.3) is 5.56 Å². The summed E-state index contributed by atoms with van der Waals surface area (Å²) in [6, 6.07) is 4.34. The maximum absolute atomic E-state index is 12.9. The number of Topliss-reactive ketones (excluding diaryl/α,β-unsaturated/α-hetero) is 1. The molecule has 0 radical (unpaired) electrons. The first-order chi connectivity index (χ1) is 15.6. The van der Waals surface area contributed by atoms with Gasteiger partial charge in [-0.2, -0.15) is 5.10 Å². The molecule has 0 aromatic carbocycles. The molecule has 3 saturated carbocycles. The minimum absolute atomic E-state index is 0.0108. The number of pyridine rings is 1. The molecule has 2 aromatic rings. The largest absolute Gasteiger partial charge is 0.380 e. The maximum Gasteiger partial charge on any atom is 0.283 e. The minimum atomic E-state index is -0.270. The van der Waals surface area contributed by atoms with Crippen LogP contribution >= 0.6 is 15.9 Å². The summed E-state index contributed by atoms with van der Waals surface area (Å²) in [5, 5.41) is 7.87. The molecule has 4 atom stereocenters. The molecule has 0 amide bonds. The zero-order valence-electron chi connectivity index (χ0n) is 20.3. The van der Waals surface area contributed by atoms with Crippen LogP contribution in [0.25, 0.3) is 0 Å². The van der Waals surface area contributed by atoms with Crippen LogP contribution in [-0.2, 0) is 17.8 Å². The Morgan fingerprint density at radius 3 is 2.76 bits per heavy atom. The zero-order valence-corrected chi connectivity index (χ0v) is 21.9. The number of nitrogens with one attached hydrogen (secondary N) is 1. The molecule has 3 fully saturated rings. The van der Waals surface area contributed by atoms with Crippen LogP contribution in [0.15, 0.2) is 33.8 Å². The molecule has 5 rings (SSSR count). The molecule has 2 bridgehead atoms. The highest BCUT2D eigenvalue weighted by atomic mass is 79.9. The van der Waals surface area contributed by atoms with E-state index in [4.69, 9.17) is 0 Å². The Morgan fingerprint density at radius 2 is 2.09 bits per heavy atom. The van der Waals surface area contributed by atoms with Crippen LogP contribution in [0.5, 0.6) is 0 Å². The van der Waals surface area contributed by atoms with E-state index in [1.54, 1.807) is 12.4 Å². The summed E-state index contributed by atoms with van der Waals surface area (Å²) >= 11 is 3.46. The molecule has 7 heteroatoms. The van der Waals surface area contributed by atoms with Gasteiger partial charge in [-0.3, -0.25) is 14.6 Å². The second kappa shape index (κ2) is 9.32. The van der Waals surface area contributed by atoms with E-state index in [0.29, 0.717) is 40.6 Å². The van der Waals surface area contributed by atoms with Crippen molar-refractivity contribution in [2.24, 2.45) is 23.2 Å². The first-order valence-electron chi connectivity index (χ1n) is 12.1. The molecule has 3 aliphatic rings. The highest BCUT2D eigenvalue weighted by molar-refractivity contribution is 9.10. The smallest absolute Gasteiger partial charge is 0.283 e. The van der Waals surface area contributed by atoms with Gasteiger partial charge in [0.2, 0.25) is 0 Å². The highest BCUT2D eigenvalue weighted by Gasteiger charge is 2.56. The van der Waals surface area contributed by atoms with Crippen molar-refractivity contribution in [1.29, 1.82) is 0 Å². The van der Waals surface area contributed by atoms with Gasteiger partial charge in [-0.15, -0.1) is 0 Å². The monoisotopic (exact) mass is 514 g/mol. The van der Waals surface area contributed by atoms with Crippen LogP contribution in [0.3, 0.4) is 0 Å². The number of aromatic nitrogens is 3. The van der Waals surface area contributed by atoms with Gasteiger partial charge in [0.15, 0.2) is 5.78 Å². The quantitative estimate of drug-likeness (QED) is 0.523. The number of nitrogens with zero attached hydrogens (tertiary/aromatic N) is 3. The zero-order chi connectivity index (χ0) is 23.9. The van der Waals surface area contributed by atoms with Gasteiger partial charge in [-0.25, -0.2) is 4.68 Å². The molecule has 3 aliphatic carbocycles. The topological polar surface area (TPSA) is 76.9 Å². The summed E-state index contributed by atoms with van der Waals surface area (Å²) in [5.74, 6) is 2.34. The van der Waals surface area contributed by atoms with Gasteiger partial charge in [-0.1, -0.05) is 34.6 Å². The molecule has 0 saturated heterocycles. The average Bonchev–Trinajstić information content (AvgIpc) is 2.78. The number of fused-ring (bicyclic) bond motifs is 2. The lowest BCUT2D eigenvalue weighted by Gasteiger charge is -2.62. The maximum atomic E-state index is 12.9. The van der Waals surface area contributed by atoms with E-state index in [2.05, 4.69) is 72.0 Å². The number of halogens is 1. The Hall–Kier alpha value is -2.02. The molecule has 0 aliphatic heterocycles. The van der Waals surface area contributed by atoms with Crippen molar-refractivity contribution >= 4 is 27.4 Å². The van der Waals surface area contributed by atoms with E-state index >= 15 is 0 Å². The van der Waals surface area contributed by atoms with Crippen LogP contribution in [0.4, 0.5) is 5.69 Å². The van der Waals surface area contributed by atoms with Gasteiger partial charge in [0.1, 0.15) is 11.0 Å². The van der Waals surface area contributed by atoms with Crippen molar-refractivity contribution in [2.75, 3.05) is 5.32 Å². The lowest BCUT2D eigenvalue weighted by atomic mass is 9.45. The number of anilines is 1. The first-order valence-corrected chi connectivity index (χ1v) is 12.9. The standard InChI is InChI=1S/C26H35BrN4O2/c1-15(2)21-10-17(8-9-28-21)6-7-19(32)14-31-25(33)24(27)23(13-29-31)30-22-12-18-11-20(16(22)3)26(18,4)5/h8-10,13,15-16,18,20,22,30H,6-7,11-12,14H2,1-5H3/t16-,18+,20-,22-/m1/s1. The van der Waals surface area contributed by atoms with E-state index in [9.17, 15) is 9.59 Å². The highest BCUT2D eigenvalue weighted by Crippen LogP contribution is 2.61. The van der Waals surface area contributed by atoms with Crippen LogP contribution < -0.4 is 10.9 Å². The lowest BCUT2D eigenvalue weighted by Crippen LogP contribution is -2.58. The third kappa shape index (κ3) is 4.79. The Morgan fingerprint density at radius 1 is 1.33 bits per heavy atom. The summed E-state index contributed by atoms with van der Waals surface area (Å²) in [4.78, 5) is 29.8. The third-order valence-electron chi connectivity index (χ3n) is 8.14. The number of aryl methyl sites for hydroxylation is 1. The summed E-state index contributed by atoms with van der Waals surface area (Å²) in [7, 11) is 0. The van der Waals surface area contributed by atoms with E-state index in [0.717, 1.165) is 35.2 Å². The van der Waals surface area contributed by atoms with Gasteiger partial charge >= 0.3 is 0 Å². The predicted octanol–water partition coefficient (Wildman–Crippen LogP) is 5.21. The molecule has 2 heterocycles.